The van der Waals surface area contributed by atoms with E-state index in [4.69, 9.17) is 0 Å². The van der Waals surface area contributed by atoms with Crippen molar-refractivity contribution in [3.63, 3.8) is 0 Å². The van der Waals surface area contributed by atoms with E-state index in [0.717, 1.165) is 32.2 Å². The second-order valence-electron chi connectivity index (χ2n) is 4.02. The van der Waals surface area contributed by atoms with Gasteiger partial charge in [-0.3, -0.25) is 0 Å². The van der Waals surface area contributed by atoms with Crippen LogP contribution in [0.2, 0.25) is 0 Å². The van der Waals surface area contributed by atoms with Gasteiger partial charge in [-0.25, -0.2) is 4.98 Å². The lowest BCUT2D eigenvalue weighted by Crippen LogP contribution is -2.07. The van der Waals surface area contributed by atoms with Crippen molar-refractivity contribution in [3.8, 4) is 0 Å². The molecule has 19 heavy (non-hydrogen) atoms. The summed E-state index contributed by atoms with van der Waals surface area (Å²) in [5.74, 6) is 0.919. The van der Waals surface area contributed by atoms with Gasteiger partial charge in [-0.15, -0.1) is 10.2 Å². The van der Waals surface area contributed by atoms with Gasteiger partial charge < -0.3 is 9.88 Å². The van der Waals surface area contributed by atoms with Crippen molar-refractivity contribution < 1.29 is 0 Å². The highest BCUT2D eigenvalue weighted by Crippen LogP contribution is 2.28. The van der Waals surface area contributed by atoms with Gasteiger partial charge in [0.05, 0.1) is 16.8 Å². The Morgan fingerprint density at radius 1 is 1.42 bits per heavy atom. The lowest BCUT2D eigenvalue weighted by molar-refractivity contribution is 0.708. The number of benzene rings is 1. The van der Waals surface area contributed by atoms with Crippen molar-refractivity contribution in [2.75, 3.05) is 5.32 Å². The van der Waals surface area contributed by atoms with Gasteiger partial charge in [0.25, 0.3) is 0 Å². The summed E-state index contributed by atoms with van der Waals surface area (Å²) in [7, 11) is 0. The van der Waals surface area contributed by atoms with Crippen molar-refractivity contribution in [1.29, 1.82) is 0 Å². The number of halogens is 1. The Labute approximate surface area is 122 Å². The molecule has 2 heterocycles. The average molecular weight is 338 g/mol. The number of hydrogen-bond donors (Lipinski definition) is 1. The largest absolute Gasteiger partial charge is 0.354 e. The third-order valence-electron chi connectivity index (χ3n) is 2.78. The second-order valence-corrected chi connectivity index (χ2v) is 5.96. The number of nitrogens with zero attached hydrogens (tertiary/aromatic N) is 4. The first-order valence-electron chi connectivity index (χ1n) is 5.93. The minimum absolute atomic E-state index is 0.634. The van der Waals surface area contributed by atoms with Crippen LogP contribution in [0.1, 0.15) is 12.7 Å². The molecule has 1 aromatic carbocycles. The molecular weight excluding hydrogens is 326 g/mol. The normalized spacial score (nSPS) is 11.1. The molecular formula is C12H12BrN5S. The lowest BCUT2D eigenvalue weighted by atomic mass is 10.3. The van der Waals surface area contributed by atoms with E-state index in [9.17, 15) is 0 Å². The fourth-order valence-corrected chi connectivity index (χ4v) is 3.22. The Balaban J connectivity index is 1.78. The highest BCUT2D eigenvalue weighted by molar-refractivity contribution is 9.10. The fraction of sp³-hybridized carbons (Fsp3) is 0.250. The van der Waals surface area contributed by atoms with Crippen LogP contribution in [0, 0.1) is 0 Å². The first kappa shape index (κ1) is 12.6. The van der Waals surface area contributed by atoms with E-state index in [-0.39, 0.29) is 0 Å². The first-order chi connectivity index (χ1) is 9.26. The summed E-state index contributed by atoms with van der Waals surface area (Å²) in [6, 6.07) is 6.09. The molecule has 98 valence electrons. The topological polar surface area (TPSA) is 55.6 Å². The molecule has 0 fully saturated rings. The second kappa shape index (κ2) is 5.26. The van der Waals surface area contributed by atoms with Crippen molar-refractivity contribution in [1.82, 2.24) is 19.7 Å². The number of aromatic nitrogens is 4. The third kappa shape index (κ3) is 2.62. The van der Waals surface area contributed by atoms with Gasteiger partial charge in [0.1, 0.15) is 6.33 Å². The monoisotopic (exact) mass is 337 g/mol. The first-order valence-corrected chi connectivity index (χ1v) is 7.54. The Bertz CT molecular complexity index is 705. The van der Waals surface area contributed by atoms with Gasteiger partial charge in [-0.1, -0.05) is 27.3 Å². The number of rotatable bonds is 4. The van der Waals surface area contributed by atoms with Gasteiger partial charge >= 0.3 is 0 Å². The Hall–Kier alpha value is -1.47. The maximum absolute atomic E-state index is 4.54. The van der Waals surface area contributed by atoms with Crippen LogP contribution in [-0.4, -0.2) is 19.7 Å². The molecule has 0 radical (unpaired) electrons. The van der Waals surface area contributed by atoms with E-state index in [1.807, 2.05) is 16.7 Å². The predicted molar refractivity (Wildman–Crippen MR) is 80.3 cm³/mol. The summed E-state index contributed by atoms with van der Waals surface area (Å²) in [6.07, 6.45) is 1.74. The van der Waals surface area contributed by atoms with Crippen LogP contribution in [0.3, 0.4) is 0 Å². The smallest absolute Gasteiger partial charge is 0.184 e. The van der Waals surface area contributed by atoms with Gasteiger partial charge in [0.15, 0.2) is 11.0 Å². The summed E-state index contributed by atoms with van der Waals surface area (Å²) in [5.41, 5.74) is 1.01. The maximum Gasteiger partial charge on any atom is 0.184 e. The van der Waals surface area contributed by atoms with Crippen molar-refractivity contribution in [3.05, 3.63) is 34.8 Å². The van der Waals surface area contributed by atoms with Crippen LogP contribution in [-0.2, 0) is 13.1 Å². The highest BCUT2D eigenvalue weighted by Gasteiger charge is 2.06. The zero-order valence-electron chi connectivity index (χ0n) is 10.3. The van der Waals surface area contributed by atoms with E-state index < -0.39 is 0 Å². The Morgan fingerprint density at radius 3 is 3.16 bits per heavy atom. The number of hydrogen-bond acceptors (Lipinski definition) is 5. The molecule has 0 aliphatic heterocycles. The zero-order valence-corrected chi connectivity index (χ0v) is 12.7. The SMILES string of the molecule is CCn1cnnc1CNc1nc2ccc(Br)cc2s1. The predicted octanol–water partition coefficient (Wildman–Crippen LogP) is 3.28. The van der Waals surface area contributed by atoms with E-state index in [0.29, 0.717) is 6.54 Å². The van der Waals surface area contributed by atoms with Gasteiger partial charge in [-0.2, -0.15) is 0 Å². The molecule has 0 bridgehead atoms. The number of thiazole rings is 1. The minimum Gasteiger partial charge on any atom is -0.354 e. The molecule has 3 aromatic rings. The van der Waals surface area contributed by atoms with E-state index in [1.165, 1.54) is 0 Å². The van der Waals surface area contributed by atoms with Crippen LogP contribution in [0.15, 0.2) is 29.0 Å². The van der Waals surface area contributed by atoms with Crippen LogP contribution >= 0.6 is 27.3 Å². The number of nitrogens with one attached hydrogen (secondary N) is 1. The molecule has 7 heteroatoms. The summed E-state index contributed by atoms with van der Waals surface area (Å²) >= 11 is 5.10. The molecule has 5 nitrogen and oxygen atoms in total. The number of aryl methyl sites for hydroxylation is 1. The molecule has 0 saturated carbocycles. The van der Waals surface area contributed by atoms with Crippen molar-refractivity contribution >= 4 is 42.6 Å². The standard InChI is InChI=1S/C12H12BrN5S/c1-2-18-7-15-17-11(18)6-14-12-16-9-4-3-8(13)5-10(9)19-12/h3-5,7H,2,6H2,1H3,(H,14,16). The molecule has 2 aromatic heterocycles. The lowest BCUT2D eigenvalue weighted by Gasteiger charge is -2.03. The quantitative estimate of drug-likeness (QED) is 0.793. The summed E-state index contributed by atoms with van der Waals surface area (Å²) < 4.78 is 4.24. The van der Waals surface area contributed by atoms with Crippen LogP contribution < -0.4 is 5.32 Å². The summed E-state index contributed by atoms with van der Waals surface area (Å²) in [5, 5.41) is 12.2. The molecule has 0 aliphatic rings. The molecule has 0 spiro atoms. The summed E-state index contributed by atoms with van der Waals surface area (Å²) in [4.78, 5) is 4.54. The average Bonchev–Trinajstić information content (AvgIpc) is 3.01. The van der Waals surface area contributed by atoms with E-state index >= 15 is 0 Å². The van der Waals surface area contributed by atoms with Crippen LogP contribution in [0.4, 0.5) is 5.13 Å². The van der Waals surface area contributed by atoms with Gasteiger partial charge in [0.2, 0.25) is 0 Å². The van der Waals surface area contributed by atoms with Gasteiger partial charge in [-0.05, 0) is 25.1 Å². The van der Waals surface area contributed by atoms with E-state index in [2.05, 4.69) is 49.4 Å². The Kier molecular flexibility index (Phi) is 3.48. The molecule has 0 amide bonds. The molecule has 3 rings (SSSR count). The minimum atomic E-state index is 0.634. The number of anilines is 1. The highest BCUT2D eigenvalue weighted by atomic mass is 79.9. The maximum atomic E-state index is 4.54. The molecule has 0 saturated heterocycles. The zero-order chi connectivity index (χ0) is 13.2. The van der Waals surface area contributed by atoms with Gasteiger partial charge in [0, 0.05) is 11.0 Å². The molecule has 0 aliphatic carbocycles. The fourth-order valence-electron chi connectivity index (χ4n) is 1.81. The molecule has 0 unspecified atom stereocenters. The van der Waals surface area contributed by atoms with Crippen molar-refractivity contribution in [2.45, 2.75) is 20.0 Å². The Morgan fingerprint density at radius 2 is 2.32 bits per heavy atom. The number of fused-ring (bicyclic) bond motifs is 1. The molecule has 1 N–H and O–H groups in total. The van der Waals surface area contributed by atoms with Crippen LogP contribution in [0.5, 0.6) is 0 Å². The van der Waals surface area contributed by atoms with Crippen LogP contribution in [0.25, 0.3) is 10.2 Å². The summed E-state index contributed by atoms with van der Waals surface area (Å²) in [6.45, 7) is 3.58. The molecule has 0 atom stereocenters. The van der Waals surface area contributed by atoms with Crippen molar-refractivity contribution in [2.24, 2.45) is 0 Å². The third-order valence-corrected chi connectivity index (χ3v) is 4.25. The van der Waals surface area contributed by atoms with E-state index in [1.54, 1.807) is 17.7 Å².